The normalized spacial score (nSPS) is 14.8. The van der Waals surface area contributed by atoms with E-state index in [1.54, 1.807) is 0 Å². The number of primary amides is 1. The summed E-state index contributed by atoms with van der Waals surface area (Å²) < 4.78 is 18.7. The third kappa shape index (κ3) is 2.78. The standard InChI is InChI=1S/C16H15FN4O3/c1-24-12-3-2-9(17)6-10(12)11-7-13(20-8-19-11)21-15(23)16(4-5-16)14(18)22/h2-3,6-8H,4-5H2,1H3,(H2,18,22)(H,19,20,21,23). The molecule has 8 heteroatoms. The van der Waals surface area contributed by atoms with E-state index in [-0.39, 0.29) is 5.82 Å². The number of anilines is 1. The molecule has 0 atom stereocenters. The Balaban J connectivity index is 1.89. The molecule has 1 aromatic carbocycles. The van der Waals surface area contributed by atoms with Crippen LogP contribution in [0.1, 0.15) is 12.8 Å². The largest absolute Gasteiger partial charge is 0.496 e. The van der Waals surface area contributed by atoms with Crippen molar-refractivity contribution in [2.24, 2.45) is 11.1 Å². The monoisotopic (exact) mass is 330 g/mol. The minimum atomic E-state index is -1.15. The van der Waals surface area contributed by atoms with E-state index in [2.05, 4.69) is 15.3 Å². The van der Waals surface area contributed by atoms with Crippen molar-refractivity contribution in [1.29, 1.82) is 0 Å². The molecule has 0 aliphatic heterocycles. The average molecular weight is 330 g/mol. The molecule has 0 unspecified atom stereocenters. The summed E-state index contributed by atoms with van der Waals surface area (Å²) in [6.45, 7) is 0. The van der Waals surface area contributed by atoms with Crippen LogP contribution in [0.25, 0.3) is 11.3 Å². The average Bonchev–Trinajstić information content (AvgIpc) is 3.37. The first-order valence-corrected chi connectivity index (χ1v) is 7.23. The number of nitrogens with one attached hydrogen (secondary N) is 1. The van der Waals surface area contributed by atoms with Gasteiger partial charge in [0.2, 0.25) is 11.8 Å². The Kier molecular flexibility index (Phi) is 3.88. The van der Waals surface area contributed by atoms with Crippen molar-refractivity contribution in [3.8, 4) is 17.0 Å². The lowest BCUT2D eigenvalue weighted by Crippen LogP contribution is -2.36. The highest BCUT2D eigenvalue weighted by atomic mass is 19.1. The van der Waals surface area contributed by atoms with Crippen molar-refractivity contribution in [2.45, 2.75) is 12.8 Å². The SMILES string of the molecule is COc1ccc(F)cc1-c1cc(NC(=O)C2(C(N)=O)CC2)ncn1. The Morgan fingerprint density at radius 2 is 2.04 bits per heavy atom. The first kappa shape index (κ1) is 15.9. The van der Waals surface area contributed by atoms with Crippen LogP contribution in [-0.4, -0.2) is 28.9 Å². The lowest BCUT2D eigenvalue weighted by molar-refractivity contribution is -0.132. The van der Waals surface area contributed by atoms with Gasteiger partial charge >= 0.3 is 0 Å². The molecule has 1 aliphatic rings. The van der Waals surface area contributed by atoms with Crippen molar-refractivity contribution >= 4 is 17.6 Å². The van der Waals surface area contributed by atoms with E-state index in [9.17, 15) is 14.0 Å². The van der Waals surface area contributed by atoms with Gasteiger partial charge in [0.15, 0.2) is 0 Å². The minimum absolute atomic E-state index is 0.198. The highest BCUT2D eigenvalue weighted by Crippen LogP contribution is 2.46. The van der Waals surface area contributed by atoms with Crippen LogP contribution >= 0.6 is 0 Å². The van der Waals surface area contributed by atoms with Crippen LogP contribution in [-0.2, 0) is 9.59 Å². The molecule has 2 amide bonds. The number of halogens is 1. The van der Waals surface area contributed by atoms with Gasteiger partial charge in [-0.05, 0) is 31.0 Å². The number of carbonyl (C=O) groups is 2. The van der Waals surface area contributed by atoms with E-state index in [0.29, 0.717) is 29.8 Å². The summed E-state index contributed by atoms with van der Waals surface area (Å²) in [5.74, 6) is -0.959. The lowest BCUT2D eigenvalue weighted by atomic mass is 10.1. The lowest BCUT2D eigenvalue weighted by Gasteiger charge is -2.12. The number of nitrogens with zero attached hydrogens (tertiary/aromatic N) is 2. The van der Waals surface area contributed by atoms with E-state index in [0.717, 1.165) is 0 Å². The molecule has 1 aliphatic carbocycles. The number of hydrogen-bond acceptors (Lipinski definition) is 5. The van der Waals surface area contributed by atoms with Gasteiger partial charge in [0, 0.05) is 11.6 Å². The maximum Gasteiger partial charge on any atom is 0.241 e. The molecule has 7 nitrogen and oxygen atoms in total. The molecule has 0 bridgehead atoms. The maximum atomic E-state index is 13.5. The van der Waals surface area contributed by atoms with Gasteiger partial charge in [0.1, 0.15) is 29.1 Å². The molecule has 0 radical (unpaired) electrons. The molecule has 1 aromatic heterocycles. The van der Waals surface area contributed by atoms with Gasteiger partial charge in [0.25, 0.3) is 0 Å². The number of amides is 2. The second kappa shape index (κ2) is 5.88. The predicted octanol–water partition coefficient (Wildman–Crippen LogP) is 1.50. The molecule has 3 rings (SSSR count). The van der Waals surface area contributed by atoms with Crippen LogP contribution in [0, 0.1) is 11.2 Å². The van der Waals surface area contributed by atoms with Crippen molar-refractivity contribution < 1.29 is 18.7 Å². The fourth-order valence-electron chi connectivity index (χ4n) is 2.40. The molecule has 2 aromatic rings. The number of ether oxygens (including phenoxy) is 1. The van der Waals surface area contributed by atoms with Crippen LogP contribution < -0.4 is 15.8 Å². The van der Waals surface area contributed by atoms with Gasteiger partial charge in [-0.3, -0.25) is 9.59 Å². The second-order valence-corrected chi connectivity index (χ2v) is 5.53. The maximum absolute atomic E-state index is 13.5. The Morgan fingerprint density at radius 1 is 1.29 bits per heavy atom. The summed E-state index contributed by atoms with van der Waals surface area (Å²) in [4.78, 5) is 31.6. The molecule has 24 heavy (non-hydrogen) atoms. The number of hydrogen-bond donors (Lipinski definition) is 2. The first-order chi connectivity index (χ1) is 11.5. The number of aromatic nitrogens is 2. The highest BCUT2D eigenvalue weighted by Gasteiger charge is 2.55. The summed E-state index contributed by atoms with van der Waals surface area (Å²) in [6, 6.07) is 5.51. The Morgan fingerprint density at radius 3 is 2.67 bits per heavy atom. The second-order valence-electron chi connectivity index (χ2n) is 5.53. The summed E-state index contributed by atoms with van der Waals surface area (Å²) in [5, 5.41) is 2.56. The van der Waals surface area contributed by atoms with Crippen LogP contribution in [0.5, 0.6) is 5.75 Å². The van der Waals surface area contributed by atoms with Crippen LogP contribution in [0.3, 0.4) is 0 Å². The summed E-state index contributed by atoms with van der Waals surface area (Å²) in [7, 11) is 1.46. The molecule has 0 spiro atoms. The molecular weight excluding hydrogens is 315 g/mol. The minimum Gasteiger partial charge on any atom is -0.496 e. The third-order valence-corrected chi connectivity index (χ3v) is 4.00. The van der Waals surface area contributed by atoms with E-state index < -0.39 is 23.0 Å². The zero-order chi connectivity index (χ0) is 17.3. The van der Waals surface area contributed by atoms with Gasteiger partial charge in [0.05, 0.1) is 12.8 Å². The number of carbonyl (C=O) groups excluding carboxylic acids is 2. The summed E-state index contributed by atoms with van der Waals surface area (Å²) in [5.41, 5.74) is 4.92. The van der Waals surface area contributed by atoms with E-state index in [1.165, 1.54) is 37.7 Å². The smallest absolute Gasteiger partial charge is 0.241 e. The number of nitrogens with two attached hydrogens (primary N) is 1. The topological polar surface area (TPSA) is 107 Å². The fourth-order valence-corrected chi connectivity index (χ4v) is 2.40. The number of methoxy groups -OCH3 is 1. The molecule has 124 valence electrons. The fraction of sp³-hybridized carbons (Fsp3) is 0.250. The van der Waals surface area contributed by atoms with Crippen molar-refractivity contribution in [3.05, 3.63) is 36.4 Å². The van der Waals surface area contributed by atoms with Crippen molar-refractivity contribution in [3.63, 3.8) is 0 Å². The third-order valence-electron chi connectivity index (χ3n) is 4.00. The first-order valence-electron chi connectivity index (χ1n) is 7.23. The van der Waals surface area contributed by atoms with Crippen LogP contribution in [0.15, 0.2) is 30.6 Å². The van der Waals surface area contributed by atoms with E-state index >= 15 is 0 Å². The van der Waals surface area contributed by atoms with Crippen LogP contribution in [0.4, 0.5) is 10.2 Å². The predicted molar refractivity (Wildman–Crippen MR) is 83.5 cm³/mol. The summed E-state index contributed by atoms with van der Waals surface area (Å²) in [6.07, 6.45) is 2.08. The van der Waals surface area contributed by atoms with Gasteiger partial charge < -0.3 is 15.8 Å². The van der Waals surface area contributed by atoms with Crippen molar-refractivity contribution in [1.82, 2.24) is 9.97 Å². The van der Waals surface area contributed by atoms with Crippen LogP contribution in [0.2, 0.25) is 0 Å². The highest BCUT2D eigenvalue weighted by molar-refractivity contribution is 6.12. The zero-order valence-corrected chi connectivity index (χ0v) is 12.9. The van der Waals surface area contributed by atoms with Gasteiger partial charge in [-0.25, -0.2) is 14.4 Å². The Bertz CT molecular complexity index is 821. The zero-order valence-electron chi connectivity index (χ0n) is 12.9. The molecular formula is C16H15FN4O3. The number of rotatable bonds is 5. The number of benzene rings is 1. The van der Waals surface area contributed by atoms with Gasteiger partial charge in [-0.1, -0.05) is 0 Å². The van der Waals surface area contributed by atoms with Gasteiger partial charge in [-0.15, -0.1) is 0 Å². The Hall–Kier alpha value is -3.03. The van der Waals surface area contributed by atoms with E-state index in [4.69, 9.17) is 10.5 Å². The van der Waals surface area contributed by atoms with Gasteiger partial charge in [-0.2, -0.15) is 0 Å². The molecule has 0 saturated heterocycles. The summed E-state index contributed by atoms with van der Waals surface area (Å²) >= 11 is 0. The van der Waals surface area contributed by atoms with Crippen molar-refractivity contribution in [2.75, 3.05) is 12.4 Å². The quantitative estimate of drug-likeness (QED) is 0.808. The van der Waals surface area contributed by atoms with E-state index in [1.807, 2.05) is 0 Å². The Labute approximate surface area is 137 Å². The molecule has 1 saturated carbocycles. The molecule has 1 fully saturated rings. The molecule has 3 N–H and O–H groups in total. The molecule has 1 heterocycles.